The van der Waals surface area contributed by atoms with Crippen molar-refractivity contribution in [3.8, 4) is 0 Å². The quantitative estimate of drug-likeness (QED) is 0.539. The fraction of sp³-hybridized carbons (Fsp3) is 1.00. The summed E-state index contributed by atoms with van der Waals surface area (Å²) in [4.78, 5) is 0. The lowest BCUT2D eigenvalue weighted by atomic mass is 9.77. The van der Waals surface area contributed by atoms with Crippen LogP contribution >= 0.6 is 0 Å². The summed E-state index contributed by atoms with van der Waals surface area (Å²) in [6.07, 6.45) is 6.10. The number of rotatable bonds is 1. The van der Waals surface area contributed by atoms with Crippen molar-refractivity contribution < 1.29 is 0 Å². The molecule has 0 radical (unpaired) electrons. The van der Waals surface area contributed by atoms with E-state index in [-0.39, 0.29) is 0 Å². The van der Waals surface area contributed by atoms with E-state index >= 15 is 0 Å². The predicted molar refractivity (Wildman–Crippen MR) is 48.4 cm³/mol. The van der Waals surface area contributed by atoms with Crippen LogP contribution in [0.25, 0.3) is 0 Å². The average molecular weight is 152 g/mol. The highest BCUT2D eigenvalue weighted by Crippen LogP contribution is 2.58. The molecule has 0 heteroatoms. The Morgan fingerprint density at radius 3 is 2.27 bits per heavy atom. The van der Waals surface area contributed by atoms with Crippen molar-refractivity contribution in [3.05, 3.63) is 0 Å². The number of fused-ring (bicyclic) bond motifs is 2. The Kier molecular flexibility index (Phi) is 1.56. The van der Waals surface area contributed by atoms with Crippen molar-refractivity contribution in [2.75, 3.05) is 0 Å². The van der Waals surface area contributed by atoms with E-state index in [1.54, 1.807) is 0 Å². The summed E-state index contributed by atoms with van der Waals surface area (Å²) in [7, 11) is 0. The van der Waals surface area contributed by atoms with E-state index < -0.39 is 0 Å². The van der Waals surface area contributed by atoms with Crippen LogP contribution in [0.4, 0.5) is 0 Å². The highest BCUT2D eigenvalue weighted by molar-refractivity contribution is 4.98. The molecule has 0 aromatic heterocycles. The zero-order valence-electron chi connectivity index (χ0n) is 8.06. The molecule has 0 spiro atoms. The fourth-order valence-electron chi connectivity index (χ4n) is 3.44. The minimum Gasteiger partial charge on any atom is -0.0625 e. The van der Waals surface area contributed by atoms with E-state index in [9.17, 15) is 0 Å². The van der Waals surface area contributed by atoms with Gasteiger partial charge in [0, 0.05) is 0 Å². The molecule has 2 aliphatic rings. The van der Waals surface area contributed by atoms with Gasteiger partial charge in [-0.05, 0) is 48.9 Å². The molecule has 0 amide bonds. The molecule has 0 aromatic carbocycles. The lowest BCUT2D eigenvalue weighted by Crippen LogP contribution is -2.19. The minimum atomic E-state index is 0.763. The van der Waals surface area contributed by atoms with Crippen LogP contribution in [-0.4, -0.2) is 0 Å². The Hall–Kier alpha value is 0. The molecular weight excluding hydrogens is 132 g/mol. The van der Waals surface area contributed by atoms with Crippen LogP contribution in [0.5, 0.6) is 0 Å². The van der Waals surface area contributed by atoms with Gasteiger partial charge in [-0.15, -0.1) is 0 Å². The first-order chi connectivity index (χ1) is 5.11. The monoisotopic (exact) mass is 152 g/mol. The van der Waals surface area contributed by atoms with E-state index in [2.05, 4.69) is 20.8 Å². The lowest BCUT2D eigenvalue weighted by Gasteiger charge is -2.29. The second kappa shape index (κ2) is 2.24. The molecule has 0 heterocycles. The molecule has 0 unspecified atom stereocenters. The van der Waals surface area contributed by atoms with Crippen LogP contribution < -0.4 is 0 Å². The van der Waals surface area contributed by atoms with Crippen LogP contribution in [0.3, 0.4) is 0 Å². The lowest BCUT2D eigenvalue weighted by molar-refractivity contribution is 0.217. The topological polar surface area (TPSA) is 0 Å². The molecule has 0 saturated heterocycles. The first-order valence-electron chi connectivity index (χ1n) is 5.11. The maximum Gasteiger partial charge on any atom is -0.0320 e. The third kappa shape index (κ3) is 1.11. The van der Waals surface area contributed by atoms with Crippen LogP contribution in [-0.2, 0) is 0 Å². The second-order valence-corrected chi connectivity index (χ2v) is 5.43. The van der Waals surface area contributed by atoms with Gasteiger partial charge in [0.15, 0.2) is 0 Å². The van der Waals surface area contributed by atoms with Gasteiger partial charge >= 0.3 is 0 Å². The summed E-state index contributed by atoms with van der Waals surface area (Å²) in [5, 5.41) is 0. The first kappa shape index (κ1) is 7.64. The maximum atomic E-state index is 2.50. The Labute approximate surface area is 70.4 Å². The van der Waals surface area contributed by atoms with Crippen molar-refractivity contribution in [3.63, 3.8) is 0 Å². The molecule has 64 valence electrons. The average Bonchev–Trinajstić information content (AvgIpc) is 2.41. The largest absolute Gasteiger partial charge is 0.0625 e. The third-order valence-electron chi connectivity index (χ3n) is 4.06. The highest BCUT2D eigenvalue weighted by atomic mass is 14.5. The van der Waals surface area contributed by atoms with Gasteiger partial charge in [0.1, 0.15) is 0 Å². The summed E-state index contributed by atoms with van der Waals surface area (Å²) in [5.74, 6) is 3.09. The van der Waals surface area contributed by atoms with Gasteiger partial charge in [0.25, 0.3) is 0 Å². The van der Waals surface area contributed by atoms with Gasteiger partial charge in [0.2, 0.25) is 0 Å². The highest BCUT2D eigenvalue weighted by Gasteiger charge is 2.47. The third-order valence-corrected chi connectivity index (χ3v) is 4.06. The molecule has 2 bridgehead atoms. The van der Waals surface area contributed by atoms with Gasteiger partial charge < -0.3 is 0 Å². The maximum absolute atomic E-state index is 2.50. The second-order valence-electron chi connectivity index (χ2n) is 5.43. The van der Waals surface area contributed by atoms with Crippen molar-refractivity contribution in [1.82, 2.24) is 0 Å². The van der Waals surface area contributed by atoms with Gasteiger partial charge in [0.05, 0.1) is 0 Å². The molecule has 2 fully saturated rings. The fourth-order valence-corrected chi connectivity index (χ4v) is 3.44. The van der Waals surface area contributed by atoms with E-state index in [1.807, 2.05) is 0 Å². The van der Waals surface area contributed by atoms with Gasteiger partial charge in [-0.25, -0.2) is 0 Å². The Bertz CT molecular complexity index is 159. The van der Waals surface area contributed by atoms with Crippen LogP contribution in [0.2, 0.25) is 0 Å². The summed E-state index contributed by atoms with van der Waals surface area (Å²) >= 11 is 0. The summed E-state index contributed by atoms with van der Waals surface area (Å²) < 4.78 is 0. The summed E-state index contributed by atoms with van der Waals surface area (Å²) in [6.45, 7) is 7.29. The smallest absolute Gasteiger partial charge is 0.0320 e. The van der Waals surface area contributed by atoms with Crippen molar-refractivity contribution in [2.45, 2.75) is 46.5 Å². The van der Waals surface area contributed by atoms with Crippen LogP contribution in [0, 0.1) is 23.2 Å². The van der Waals surface area contributed by atoms with E-state index in [0.29, 0.717) is 0 Å². The molecule has 3 atom stereocenters. The van der Waals surface area contributed by atoms with E-state index in [4.69, 9.17) is 0 Å². The summed E-state index contributed by atoms with van der Waals surface area (Å²) in [6, 6.07) is 0. The number of hydrogen-bond acceptors (Lipinski definition) is 0. The number of hydrogen-bond donors (Lipinski definition) is 0. The SMILES string of the molecule is CC(C)[C@@H]1C[C@@]2(C)CC[C@@H]1C2. The molecule has 2 rings (SSSR count). The van der Waals surface area contributed by atoms with E-state index in [0.717, 1.165) is 23.2 Å². The van der Waals surface area contributed by atoms with Crippen LogP contribution in [0.15, 0.2) is 0 Å². The normalized spacial score (nSPS) is 49.1. The molecule has 0 aromatic rings. The predicted octanol–water partition coefficient (Wildman–Crippen LogP) is 3.47. The molecule has 2 aliphatic carbocycles. The van der Waals surface area contributed by atoms with Crippen LogP contribution in [0.1, 0.15) is 46.5 Å². The van der Waals surface area contributed by atoms with Crippen molar-refractivity contribution in [2.24, 2.45) is 23.2 Å². The summed E-state index contributed by atoms with van der Waals surface area (Å²) in [5.41, 5.74) is 0.763. The van der Waals surface area contributed by atoms with Gasteiger partial charge in [-0.1, -0.05) is 20.8 Å². The van der Waals surface area contributed by atoms with Gasteiger partial charge in [-0.3, -0.25) is 0 Å². The molecule has 0 nitrogen and oxygen atoms in total. The zero-order valence-corrected chi connectivity index (χ0v) is 8.06. The molecular formula is C11H20. The van der Waals surface area contributed by atoms with Crippen molar-refractivity contribution >= 4 is 0 Å². The Morgan fingerprint density at radius 1 is 1.27 bits per heavy atom. The molecule has 11 heavy (non-hydrogen) atoms. The minimum absolute atomic E-state index is 0.763. The molecule has 0 N–H and O–H groups in total. The molecule has 2 saturated carbocycles. The first-order valence-corrected chi connectivity index (χ1v) is 5.11. The molecule has 0 aliphatic heterocycles. The van der Waals surface area contributed by atoms with Gasteiger partial charge in [-0.2, -0.15) is 0 Å². The van der Waals surface area contributed by atoms with Crippen molar-refractivity contribution in [1.29, 1.82) is 0 Å². The standard InChI is InChI=1S/C11H20/c1-8(2)10-7-11(3)5-4-9(10)6-11/h8-10H,4-7H2,1-3H3/t9-,10+,11+/m1/s1. The Morgan fingerprint density at radius 2 is 2.00 bits per heavy atom. The van der Waals surface area contributed by atoms with E-state index in [1.165, 1.54) is 25.7 Å². The Balaban J connectivity index is 2.10. The zero-order chi connectivity index (χ0) is 8.06.